The Hall–Kier alpha value is -2.58. The molecule has 0 aliphatic carbocycles. The molecule has 0 spiro atoms. The van der Waals surface area contributed by atoms with Crippen LogP contribution in [0.5, 0.6) is 0 Å². The summed E-state index contributed by atoms with van der Waals surface area (Å²) >= 11 is 1.36. The maximum Gasteiger partial charge on any atom is 0.265 e. The molecule has 0 radical (unpaired) electrons. The number of hydrogen-bond acceptors (Lipinski definition) is 7. The summed E-state index contributed by atoms with van der Waals surface area (Å²) in [6.45, 7) is 2.92. The number of rotatable bonds is 3. The molecule has 1 N–H and O–H groups in total. The molecule has 4 heterocycles. The number of fused-ring (bicyclic) bond motifs is 1. The lowest BCUT2D eigenvalue weighted by molar-refractivity contribution is 0.103. The van der Waals surface area contributed by atoms with Crippen molar-refractivity contribution in [2.75, 3.05) is 36.5 Å². The number of nitrogens with one attached hydrogen (secondary N) is 1. The average Bonchev–Trinajstić information content (AvgIpc) is 3.07. The molecule has 3 aromatic rings. The molecule has 0 saturated carbocycles. The molecule has 1 aliphatic heterocycles. The SMILES string of the molecule is O=C(Nc1cnc(N2CCOCC2)nc1)c1cc2cccnc2s1. The predicted molar refractivity (Wildman–Crippen MR) is 92.6 cm³/mol. The van der Waals surface area contributed by atoms with Crippen molar-refractivity contribution in [2.45, 2.75) is 0 Å². The number of carbonyl (C=O) groups is 1. The lowest BCUT2D eigenvalue weighted by atomic mass is 10.3. The van der Waals surface area contributed by atoms with Crippen molar-refractivity contribution in [3.8, 4) is 0 Å². The van der Waals surface area contributed by atoms with Crippen molar-refractivity contribution in [3.05, 3.63) is 41.7 Å². The number of amides is 1. The second kappa shape index (κ2) is 6.50. The zero-order chi connectivity index (χ0) is 16.4. The van der Waals surface area contributed by atoms with E-state index in [2.05, 4.69) is 25.2 Å². The molecule has 7 nitrogen and oxygen atoms in total. The highest BCUT2D eigenvalue weighted by Gasteiger charge is 2.15. The molecule has 0 atom stereocenters. The number of ether oxygens (including phenoxy) is 1. The van der Waals surface area contributed by atoms with E-state index in [0.717, 1.165) is 23.3 Å². The van der Waals surface area contributed by atoms with Crippen LogP contribution in [0.1, 0.15) is 9.67 Å². The van der Waals surface area contributed by atoms with E-state index in [9.17, 15) is 4.79 Å². The number of hydrogen-bond donors (Lipinski definition) is 1. The highest BCUT2D eigenvalue weighted by atomic mass is 32.1. The van der Waals surface area contributed by atoms with Gasteiger partial charge in [0.2, 0.25) is 5.95 Å². The predicted octanol–water partition coefficient (Wildman–Crippen LogP) is 2.18. The number of pyridine rings is 1. The first-order valence-electron chi connectivity index (χ1n) is 7.60. The third-order valence-electron chi connectivity index (χ3n) is 3.71. The zero-order valence-corrected chi connectivity index (χ0v) is 13.6. The van der Waals surface area contributed by atoms with Gasteiger partial charge >= 0.3 is 0 Å². The van der Waals surface area contributed by atoms with Gasteiger partial charge in [-0.05, 0) is 12.1 Å². The van der Waals surface area contributed by atoms with Crippen molar-refractivity contribution in [2.24, 2.45) is 0 Å². The van der Waals surface area contributed by atoms with Gasteiger partial charge in [0, 0.05) is 24.7 Å². The Morgan fingerprint density at radius 1 is 1.21 bits per heavy atom. The highest BCUT2D eigenvalue weighted by Crippen LogP contribution is 2.24. The summed E-state index contributed by atoms with van der Waals surface area (Å²) in [5, 5.41) is 3.79. The fourth-order valence-electron chi connectivity index (χ4n) is 2.49. The molecule has 0 aromatic carbocycles. The van der Waals surface area contributed by atoms with Crippen LogP contribution < -0.4 is 10.2 Å². The summed E-state index contributed by atoms with van der Waals surface area (Å²) < 4.78 is 5.31. The Labute approximate surface area is 142 Å². The summed E-state index contributed by atoms with van der Waals surface area (Å²) in [6, 6.07) is 5.64. The first-order chi connectivity index (χ1) is 11.8. The van der Waals surface area contributed by atoms with Crippen LogP contribution in [0.15, 0.2) is 36.8 Å². The van der Waals surface area contributed by atoms with E-state index in [4.69, 9.17) is 4.74 Å². The number of nitrogens with zero attached hydrogens (tertiary/aromatic N) is 4. The molecule has 8 heteroatoms. The standard InChI is InChI=1S/C16H15N5O2S/c22-14(13-8-11-2-1-3-17-15(11)24-13)20-12-9-18-16(19-10-12)21-4-6-23-7-5-21/h1-3,8-10H,4-7H2,(H,20,22). The molecule has 1 aliphatic rings. The summed E-state index contributed by atoms with van der Waals surface area (Å²) in [4.78, 5) is 28.8. The highest BCUT2D eigenvalue weighted by molar-refractivity contribution is 7.20. The Balaban J connectivity index is 1.47. The van der Waals surface area contributed by atoms with Gasteiger partial charge in [0.15, 0.2) is 0 Å². The molecule has 1 amide bonds. The van der Waals surface area contributed by atoms with Gasteiger partial charge in [0.25, 0.3) is 5.91 Å². The second-order valence-corrected chi connectivity index (χ2v) is 6.36. The van der Waals surface area contributed by atoms with Crippen LogP contribution in [0.4, 0.5) is 11.6 Å². The maximum absolute atomic E-state index is 12.4. The number of anilines is 2. The quantitative estimate of drug-likeness (QED) is 0.786. The summed E-state index contributed by atoms with van der Waals surface area (Å²) in [7, 11) is 0. The number of morpholine rings is 1. The van der Waals surface area contributed by atoms with Gasteiger partial charge in [-0.2, -0.15) is 0 Å². The Morgan fingerprint density at radius 2 is 2.00 bits per heavy atom. The molecule has 0 bridgehead atoms. The number of carbonyl (C=O) groups excluding carboxylic acids is 1. The van der Waals surface area contributed by atoms with Gasteiger partial charge < -0.3 is 15.0 Å². The zero-order valence-electron chi connectivity index (χ0n) is 12.8. The van der Waals surface area contributed by atoms with E-state index in [1.807, 2.05) is 18.2 Å². The first kappa shape index (κ1) is 15.0. The van der Waals surface area contributed by atoms with E-state index < -0.39 is 0 Å². The Morgan fingerprint density at radius 3 is 2.75 bits per heavy atom. The van der Waals surface area contributed by atoms with Gasteiger partial charge in [-0.3, -0.25) is 4.79 Å². The van der Waals surface area contributed by atoms with Crippen molar-refractivity contribution in [1.29, 1.82) is 0 Å². The largest absolute Gasteiger partial charge is 0.378 e. The first-order valence-corrected chi connectivity index (χ1v) is 8.42. The molecule has 24 heavy (non-hydrogen) atoms. The van der Waals surface area contributed by atoms with Gasteiger partial charge in [-0.15, -0.1) is 11.3 Å². The van der Waals surface area contributed by atoms with E-state index in [0.29, 0.717) is 29.7 Å². The van der Waals surface area contributed by atoms with Gasteiger partial charge in [-0.25, -0.2) is 15.0 Å². The molecule has 122 valence electrons. The van der Waals surface area contributed by atoms with Crippen LogP contribution in [0, 0.1) is 0 Å². The minimum Gasteiger partial charge on any atom is -0.378 e. The minimum atomic E-state index is -0.180. The molecule has 1 fully saturated rings. The molecular formula is C16H15N5O2S. The maximum atomic E-state index is 12.4. The van der Waals surface area contributed by atoms with Crippen LogP contribution >= 0.6 is 11.3 Å². The van der Waals surface area contributed by atoms with E-state index >= 15 is 0 Å². The fourth-order valence-corrected chi connectivity index (χ4v) is 3.39. The third kappa shape index (κ3) is 3.06. The minimum absolute atomic E-state index is 0.180. The summed E-state index contributed by atoms with van der Waals surface area (Å²) in [5.41, 5.74) is 0.572. The van der Waals surface area contributed by atoms with Crippen LogP contribution in [-0.2, 0) is 4.74 Å². The van der Waals surface area contributed by atoms with E-state index in [1.165, 1.54) is 11.3 Å². The topological polar surface area (TPSA) is 80.2 Å². The summed E-state index contributed by atoms with van der Waals surface area (Å²) in [5.74, 6) is 0.475. The number of aromatic nitrogens is 3. The van der Waals surface area contributed by atoms with Crippen LogP contribution in [0.2, 0.25) is 0 Å². The molecule has 0 unspecified atom stereocenters. The van der Waals surface area contributed by atoms with Crippen molar-refractivity contribution < 1.29 is 9.53 Å². The Bertz CT molecular complexity index is 825. The fraction of sp³-hybridized carbons (Fsp3) is 0.250. The van der Waals surface area contributed by atoms with Gasteiger partial charge in [-0.1, -0.05) is 6.07 Å². The van der Waals surface area contributed by atoms with Crippen LogP contribution in [0.25, 0.3) is 10.2 Å². The normalized spacial score (nSPS) is 14.8. The van der Waals surface area contributed by atoms with Crippen LogP contribution in [-0.4, -0.2) is 47.2 Å². The molecule has 3 aromatic heterocycles. The van der Waals surface area contributed by atoms with E-state index in [-0.39, 0.29) is 5.91 Å². The van der Waals surface area contributed by atoms with Crippen molar-refractivity contribution >= 4 is 39.1 Å². The molecule has 1 saturated heterocycles. The lowest BCUT2D eigenvalue weighted by Crippen LogP contribution is -2.37. The lowest BCUT2D eigenvalue weighted by Gasteiger charge is -2.26. The molecule has 4 rings (SSSR count). The Kier molecular flexibility index (Phi) is 4.06. The molecular weight excluding hydrogens is 326 g/mol. The van der Waals surface area contributed by atoms with Crippen molar-refractivity contribution in [3.63, 3.8) is 0 Å². The van der Waals surface area contributed by atoms with Gasteiger partial charge in [0.1, 0.15) is 4.83 Å². The van der Waals surface area contributed by atoms with E-state index in [1.54, 1.807) is 18.6 Å². The monoisotopic (exact) mass is 341 g/mol. The summed E-state index contributed by atoms with van der Waals surface area (Å²) in [6.07, 6.45) is 4.97. The number of thiophene rings is 1. The van der Waals surface area contributed by atoms with Crippen molar-refractivity contribution in [1.82, 2.24) is 15.0 Å². The van der Waals surface area contributed by atoms with Crippen LogP contribution in [0.3, 0.4) is 0 Å². The third-order valence-corrected chi connectivity index (χ3v) is 4.77. The average molecular weight is 341 g/mol. The van der Waals surface area contributed by atoms with Gasteiger partial charge in [0.05, 0.1) is 36.2 Å². The smallest absolute Gasteiger partial charge is 0.265 e. The second-order valence-electron chi connectivity index (χ2n) is 5.33.